The highest BCUT2D eigenvalue weighted by molar-refractivity contribution is 7.17. The number of aromatic nitrogens is 4. The molecule has 0 aliphatic rings. The number of hydrogen-bond donors (Lipinski definition) is 1. The Morgan fingerprint density at radius 2 is 1.86 bits per heavy atom. The number of nitrogens with zero attached hydrogens (tertiary/aromatic N) is 4. The lowest BCUT2D eigenvalue weighted by atomic mass is 10.1. The van der Waals surface area contributed by atoms with Crippen LogP contribution in [0, 0.1) is 6.92 Å². The van der Waals surface area contributed by atoms with Crippen molar-refractivity contribution in [2.45, 2.75) is 13.5 Å². The zero-order valence-electron chi connectivity index (χ0n) is 15.6. The maximum Gasteiger partial charge on any atom is 0.147 e. The Morgan fingerprint density at radius 3 is 2.76 bits per heavy atom. The van der Waals surface area contributed by atoms with E-state index >= 15 is 0 Å². The molecule has 0 aliphatic carbocycles. The molecule has 5 nitrogen and oxygen atoms in total. The molecule has 0 radical (unpaired) electrons. The van der Waals surface area contributed by atoms with E-state index in [0.717, 1.165) is 49.6 Å². The van der Waals surface area contributed by atoms with Gasteiger partial charge in [-0.25, -0.2) is 19.9 Å². The summed E-state index contributed by atoms with van der Waals surface area (Å²) in [5.74, 6) is 0.793. The third-order valence-corrected chi connectivity index (χ3v) is 6.00. The van der Waals surface area contributed by atoms with Crippen LogP contribution in [0.15, 0.2) is 60.2 Å². The summed E-state index contributed by atoms with van der Waals surface area (Å²) < 4.78 is 1.02. The van der Waals surface area contributed by atoms with Gasteiger partial charge in [0.1, 0.15) is 12.1 Å². The Labute approximate surface area is 176 Å². The lowest BCUT2D eigenvalue weighted by Gasteiger charge is -2.13. The molecular formula is C22H16ClN5S. The molecule has 1 N–H and O–H groups in total. The van der Waals surface area contributed by atoms with Crippen molar-refractivity contribution in [1.82, 2.24) is 19.9 Å². The number of hydrogen-bond acceptors (Lipinski definition) is 6. The van der Waals surface area contributed by atoms with Crippen molar-refractivity contribution >= 4 is 50.0 Å². The number of fused-ring (bicyclic) bond motifs is 2. The zero-order valence-corrected chi connectivity index (χ0v) is 17.1. The quantitative estimate of drug-likeness (QED) is 0.396. The second kappa shape index (κ2) is 7.39. The third kappa shape index (κ3) is 3.30. The molecule has 3 heterocycles. The van der Waals surface area contributed by atoms with Gasteiger partial charge in [0, 0.05) is 5.56 Å². The first kappa shape index (κ1) is 18.0. The number of rotatable bonds is 4. The molecule has 0 bridgehead atoms. The topological polar surface area (TPSA) is 63.6 Å². The number of halogens is 1. The van der Waals surface area contributed by atoms with Gasteiger partial charge in [-0.1, -0.05) is 41.9 Å². The molecule has 0 saturated heterocycles. The minimum Gasteiger partial charge on any atom is -0.363 e. The van der Waals surface area contributed by atoms with Gasteiger partial charge in [0.25, 0.3) is 0 Å². The van der Waals surface area contributed by atoms with E-state index in [2.05, 4.69) is 15.3 Å². The van der Waals surface area contributed by atoms with Gasteiger partial charge in [-0.3, -0.25) is 0 Å². The number of thiophene rings is 1. The maximum atomic E-state index is 6.50. The van der Waals surface area contributed by atoms with Crippen molar-refractivity contribution in [3.05, 3.63) is 76.5 Å². The predicted octanol–water partition coefficient (Wildman–Crippen LogP) is 5.88. The zero-order chi connectivity index (χ0) is 19.8. The second-order valence-electron chi connectivity index (χ2n) is 6.65. The Kier molecular flexibility index (Phi) is 4.58. The van der Waals surface area contributed by atoms with E-state index in [1.54, 1.807) is 17.7 Å². The summed E-state index contributed by atoms with van der Waals surface area (Å²) >= 11 is 8.11. The summed E-state index contributed by atoms with van der Waals surface area (Å²) in [6.07, 6.45) is 1.57. The molecule has 0 spiro atoms. The fraction of sp³-hybridized carbons (Fsp3) is 0.0909. The van der Waals surface area contributed by atoms with Crippen molar-refractivity contribution in [2.75, 3.05) is 5.32 Å². The molecule has 0 aliphatic heterocycles. The van der Waals surface area contributed by atoms with Crippen molar-refractivity contribution < 1.29 is 0 Å². The van der Waals surface area contributed by atoms with Gasteiger partial charge < -0.3 is 5.32 Å². The van der Waals surface area contributed by atoms with E-state index in [1.165, 1.54) is 0 Å². The molecule has 29 heavy (non-hydrogen) atoms. The molecule has 3 aromatic heterocycles. The van der Waals surface area contributed by atoms with Crippen molar-refractivity contribution in [3.63, 3.8) is 0 Å². The van der Waals surface area contributed by atoms with Crippen LogP contribution in [-0.4, -0.2) is 19.9 Å². The highest BCUT2D eigenvalue weighted by Crippen LogP contribution is 2.31. The van der Waals surface area contributed by atoms with Gasteiger partial charge in [-0.2, -0.15) is 0 Å². The van der Waals surface area contributed by atoms with Crippen LogP contribution >= 0.6 is 22.9 Å². The van der Waals surface area contributed by atoms with Gasteiger partial charge in [-0.15, -0.1) is 11.3 Å². The van der Waals surface area contributed by atoms with Crippen molar-refractivity contribution in [1.29, 1.82) is 0 Å². The predicted molar refractivity (Wildman–Crippen MR) is 119 cm³/mol. The standard InChI is InChI=1S/C22H16ClN5S/c1-13-5-4-8-16-19(13)28-20(14-6-2-3-7-15(14)23)18(27-16)11-24-22-21-17(9-10-29-21)25-12-26-22/h2-10,12H,11H2,1H3,(H,24,25,26). The van der Waals surface area contributed by atoms with E-state index < -0.39 is 0 Å². The van der Waals surface area contributed by atoms with Gasteiger partial charge >= 0.3 is 0 Å². The first-order valence-corrected chi connectivity index (χ1v) is 10.4. The second-order valence-corrected chi connectivity index (χ2v) is 7.98. The molecular weight excluding hydrogens is 402 g/mol. The average Bonchev–Trinajstić information content (AvgIpc) is 3.22. The Bertz CT molecular complexity index is 1350. The normalized spacial score (nSPS) is 11.2. The molecule has 0 saturated carbocycles. The molecule has 0 unspecified atom stereocenters. The molecule has 0 fully saturated rings. The van der Waals surface area contributed by atoms with Crippen LogP contribution in [0.2, 0.25) is 5.02 Å². The monoisotopic (exact) mass is 417 g/mol. The van der Waals surface area contributed by atoms with Gasteiger partial charge in [0.05, 0.1) is 44.2 Å². The highest BCUT2D eigenvalue weighted by Gasteiger charge is 2.15. The van der Waals surface area contributed by atoms with Crippen LogP contribution in [0.4, 0.5) is 5.82 Å². The summed E-state index contributed by atoms with van der Waals surface area (Å²) in [7, 11) is 0. The molecule has 7 heteroatoms. The number of para-hydroxylation sites is 1. The number of anilines is 1. The Balaban J connectivity index is 1.63. The third-order valence-electron chi connectivity index (χ3n) is 4.76. The maximum absolute atomic E-state index is 6.50. The number of benzene rings is 2. The molecule has 5 aromatic rings. The average molecular weight is 418 g/mol. The molecule has 0 atom stereocenters. The first-order valence-electron chi connectivity index (χ1n) is 9.14. The highest BCUT2D eigenvalue weighted by atomic mass is 35.5. The van der Waals surface area contributed by atoms with Gasteiger partial charge in [0.2, 0.25) is 0 Å². The fourth-order valence-electron chi connectivity index (χ4n) is 3.33. The van der Waals surface area contributed by atoms with Crippen molar-refractivity contribution in [2.24, 2.45) is 0 Å². The lowest BCUT2D eigenvalue weighted by Crippen LogP contribution is -2.07. The molecule has 5 rings (SSSR count). The van der Waals surface area contributed by atoms with E-state index in [-0.39, 0.29) is 0 Å². The Morgan fingerprint density at radius 1 is 0.966 bits per heavy atom. The lowest BCUT2D eigenvalue weighted by molar-refractivity contribution is 1.03. The minimum atomic E-state index is 0.474. The molecule has 0 amide bonds. The van der Waals surface area contributed by atoms with Crippen LogP contribution in [-0.2, 0) is 6.54 Å². The van der Waals surface area contributed by atoms with Crippen LogP contribution in [0.5, 0.6) is 0 Å². The molecule has 2 aromatic carbocycles. The number of nitrogens with one attached hydrogen (secondary N) is 1. The van der Waals surface area contributed by atoms with E-state index in [9.17, 15) is 0 Å². The van der Waals surface area contributed by atoms with E-state index in [1.807, 2.05) is 60.8 Å². The Hall–Kier alpha value is -3.09. The summed E-state index contributed by atoms with van der Waals surface area (Å²) in [5.41, 5.74) is 6.22. The smallest absolute Gasteiger partial charge is 0.147 e. The van der Waals surface area contributed by atoms with Crippen LogP contribution in [0.3, 0.4) is 0 Å². The summed E-state index contributed by atoms with van der Waals surface area (Å²) in [6.45, 7) is 2.52. The summed E-state index contributed by atoms with van der Waals surface area (Å²) in [6, 6.07) is 15.7. The summed E-state index contributed by atoms with van der Waals surface area (Å²) in [4.78, 5) is 18.6. The first-order chi connectivity index (χ1) is 14.2. The van der Waals surface area contributed by atoms with Crippen LogP contribution in [0.1, 0.15) is 11.3 Å². The van der Waals surface area contributed by atoms with Crippen molar-refractivity contribution in [3.8, 4) is 11.3 Å². The van der Waals surface area contributed by atoms with Crippen LogP contribution < -0.4 is 5.32 Å². The van der Waals surface area contributed by atoms with Gasteiger partial charge in [-0.05, 0) is 36.1 Å². The van der Waals surface area contributed by atoms with Crippen LogP contribution in [0.25, 0.3) is 32.5 Å². The van der Waals surface area contributed by atoms with E-state index in [4.69, 9.17) is 21.6 Å². The largest absolute Gasteiger partial charge is 0.363 e. The summed E-state index contributed by atoms with van der Waals surface area (Å²) in [5, 5.41) is 6.08. The SMILES string of the molecule is Cc1cccc2nc(CNc3ncnc4ccsc34)c(-c3ccccc3Cl)nc12. The minimum absolute atomic E-state index is 0.474. The van der Waals surface area contributed by atoms with Gasteiger partial charge in [0.15, 0.2) is 0 Å². The molecule has 142 valence electrons. The number of aryl methyl sites for hydroxylation is 1. The van der Waals surface area contributed by atoms with E-state index in [0.29, 0.717) is 11.6 Å². The fourth-order valence-corrected chi connectivity index (χ4v) is 4.36.